The SMILES string of the molecule is O=C1N=CC2=NC=NC2(O)N1. The number of urea groups is 1. The van der Waals surface area contributed by atoms with E-state index in [2.05, 4.69) is 20.3 Å². The number of amides is 2. The molecule has 2 N–H and O–H groups in total. The minimum absolute atomic E-state index is 0.233. The van der Waals surface area contributed by atoms with E-state index in [4.69, 9.17) is 0 Å². The Hall–Kier alpha value is -1.56. The van der Waals surface area contributed by atoms with Crippen LogP contribution < -0.4 is 5.32 Å². The van der Waals surface area contributed by atoms with E-state index in [0.717, 1.165) is 0 Å². The summed E-state index contributed by atoms with van der Waals surface area (Å²) in [6.45, 7) is 0. The van der Waals surface area contributed by atoms with Crippen molar-refractivity contribution in [2.24, 2.45) is 15.0 Å². The summed E-state index contributed by atoms with van der Waals surface area (Å²) in [5, 5.41) is 11.6. The first-order chi connectivity index (χ1) is 5.21. The number of nitrogens with one attached hydrogen (secondary N) is 1. The second-order valence-electron chi connectivity index (χ2n) is 2.12. The lowest BCUT2D eigenvalue weighted by atomic mass is 10.2. The molecule has 0 aliphatic carbocycles. The average Bonchev–Trinajstić information content (AvgIpc) is 2.28. The number of fused-ring (bicyclic) bond motifs is 1. The summed E-state index contributed by atoms with van der Waals surface area (Å²) in [5.74, 6) is -1.67. The summed E-state index contributed by atoms with van der Waals surface area (Å²) in [7, 11) is 0. The molecule has 0 aromatic heterocycles. The van der Waals surface area contributed by atoms with Crippen molar-refractivity contribution in [3.63, 3.8) is 0 Å². The highest BCUT2D eigenvalue weighted by Crippen LogP contribution is 2.12. The monoisotopic (exact) mass is 152 g/mol. The fourth-order valence-corrected chi connectivity index (χ4v) is 0.852. The summed E-state index contributed by atoms with van der Waals surface area (Å²) in [5.41, 5.74) is 0.233. The van der Waals surface area contributed by atoms with Gasteiger partial charge in [-0.25, -0.2) is 14.8 Å². The highest BCUT2D eigenvalue weighted by molar-refractivity contribution is 6.39. The van der Waals surface area contributed by atoms with Crippen LogP contribution in [0, 0.1) is 0 Å². The molecule has 11 heavy (non-hydrogen) atoms. The van der Waals surface area contributed by atoms with Gasteiger partial charge in [0, 0.05) is 0 Å². The zero-order valence-corrected chi connectivity index (χ0v) is 5.35. The van der Waals surface area contributed by atoms with Gasteiger partial charge >= 0.3 is 6.03 Å². The van der Waals surface area contributed by atoms with Crippen molar-refractivity contribution < 1.29 is 9.90 Å². The van der Waals surface area contributed by atoms with Crippen molar-refractivity contribution in [2.45, 2.75) is 5.85 Å². The Bertz CT molecular complexity index is 306. The molecule has 0 spiro atoms. The Kier molecular flexibility index (Phi) is 0.970. The minimum atomic E-state index is -1.67. The summed E-state index contributed by atoms with van der Waals surface area (Å²) >= 11 is 0. The van der Waals surface area contributed by atoms with Crippen LogP contribution in [0.5, 0.6) is 0 Å². The quantitative estimate of drug-likeness (QED) is 0.462. The van der Waals surface area contributed by atoms with Gasteiger partial charge < -0.3 is 5.11 Å². The number of carbonyl (C=O) groups is 1. The first kappa shape index (κ1) is 6.17. The van der Waals surface area contributed by atoms with Crippen LogP contribution in [0.4, 0.5) is 4.79 Å². The number of aliphatic hydroxyl groups is 1. The van der Waals surface area contributed by atoms with E-state index >= 15 is 0 Å². The molecule has 0 fully saturated rings. The molecular weight excluding hydrogens is 148 g/mol. The van der Waals surface area contributed by atoms with Gasteiger partial charge in [-0.15, -0.1) is 0 Å². The van der Waals surface area contributed by atoms with Gasteiger partial charge in [-0.1, -0.05) is 0 Å². The number of hydrogen-bond acceptors (Lipinski definition) is 4. The molecule has 6 nitrogen and oxygen atoms in total. The van der Waals surface area contributed by atoms with E-state index in [9.17, 15) is 9.90 Å². The van der Waals surface area contributed by atoms with Gasteiger partial charge in [0.1, 0.15) is 12.1 Å². The lowest BCUT2D eigenvalue weighted by Gasteiger charge is -2.22. The maximum Gasteiger partial charge on any atom is 0.345 e. The highest BCUT2D eigenvalue weighted by atomic mass is 16.3. The van der Waals surface area contributed by atoms with E-state index in [1.54, 1.807) is 0 Å². The van der Waals surface area contributed by atoms with Gasteiger partial charge in [0.05, 0.1) is 6.21 Å². The molecule has 2 rings (SSSR count). The normalized spacial score (nSPS) is 33.2. The number of aliphatic imine (C=N–C) groups is 3. The van der Waals surface area contributed by atoms with Crippen LogP contribution >= 0.6 is 0 Å². The van der Waals surface area contributed by atoms with Crippen molar-refractivity contribution in [1.29, 1.82) is 0 Å². The molecule has 0 bridgehead atoms. The Morgan fingerprint density at radius 1 is 1.64 bits per heavy atom. The number of rotatable bonds is 0. The fourth-order valence-electron chi connectivity index (χ4n) is 0.852. The Morgan fingerprint density at radius 2 is 2.45 bits per heavy atom. The third-order valence-electron chi connectivity index (χ3n) is 1.38. The topological polar surface area (TPSA) is 86.4 Å². The second-order valence-corrected chi connectivity index (χ2v) is 2.12. The Morgan fingerprint density at radius 3 is 3.27 bits per heavy atom. The lowest BCUT2D eigenvalue weighted by molar-refractivity contribution is 0.0992. The van der Waals surface area contributed by atoms with Crippen molar-refractivity contribution >= 4 is 24.3 Å². The van der Waals surface area contributed by atoms with E-state index in [0.29, 0.717) is 0 Å². The molecule has 2 heterocycles. The summed E-state index contributed by atoms with van der Waals surface area (Å²) in [4.78, 5) is 21.2. The van der Waals surface area contributed by atoms with Gasteiger partial charge in [-0.05, 0) is 0 Å². The first-order valence-corrected chi connectivity index (χ1v) is 2.91. The van der Waals surface area contributed by atoms with Crippen LogP contribution in [0.1, 0.15) is 0 Å². The number of carbonyl (C=O) groups excluding carboxylic acids is 1. The summed E-state index contributed by atoms with van der Waals surface area (Å²) in [6, 6.07) is -0.620. The molecule has 2 amide bonds. The van der Waals surface area contributed by atoms with Crippen molar-refractivity contribution in [3.8, 4) is 0 Å². The average molecular weight is 152 g/mol. The van der Waals surface area contributed by atoms with Crippen molar-refractivity contribution in [1.82, 2.24) is 5.32 Å². The molecule has 1 unspecified atom stereocenters. The maximum absolute atomic E-state index is 10.6. The molecule has 2 aliphatic heterocycles. The lowest BCUT2D eigenvalue weighted by Crippen LogP contribution is -2.54. The van der Waals surface area contributed by atoms with Gasteiger partial charge in [-0.3, -0.25) is 5.32 Å². The molecule has 56 valence electrons. The molecule has 0 aromatic carbocycles. The van der Waals surface area contributed by atoms with Gasteiger partial charge in [0.2, 0.25) is 0 Å². The Balaban J connectivity index is 2.46. The van der Waals surface area contributed by atoms with Crippen LogP contribution in [0.25, 0.3) is 0 Å². The van der Waals surface area contributed by atoms with Gasteiger partial charge in [-0.2, -0.15) is 4.99 Å². The van der Waals surface area contributed by atoms with Crippen LogP contribution in [0.2, 0.25) is 0 Å². The van der Waals surface area contributed by atoms with Gasteiger partial charge in [0.25, 0.3) is 5.85 Å². The molecule has 1 atom stereocenters. The van der Waals surface area contributed by atoms with E-state index < -0.39 is 11.9 Å². The molecule has 6 heteroatoms. The molecule has 0 saturated carbocycles. The zero-order valence-electron chi connectivity index (χ0n) is 5.35. The largest absolute Gasteiger partial charge is 0.348 e. The third kappa shape index (κ3) is 0.761. The van der Waals surface area contributed by atoms with Gasteiger partial charge in [0.15, 0.2) is 0 Å². The molecule has 2 aliphatic rings. The Labute approximate surface area is 61.4 Å². The number of nitrogens with zero attached hydrogens (tertiary/aromatic N) is 3. The molecular formula is C5H4N4O2. The smallest absolute Gasteiger partial charge is 0.345 e. The van der Waals surface area contributed by atoms with Crippen LogP contribution in [-0.2, 0) is 0 Å². The van der Waals surface area contributed by atoms with Crippen molar-refractivity contribution in [2.75, 3.05) is 0 Å². The maximum atomic E-state index is 10.6. The van der Waals surface area contributed by atoms with E-state index in [-0.39, 0.29) is 5.71 Å². The predicted octanol–water partition coefficient (Wildman–Crippen LogP) is -1.09. The molecule has 0 aromatic rings. The minimum Gasteiger partial charge on any atom is -0.348 e. The summed E-state index contributed by atoms with van der Waals surface area (Å²) in [6.07, 6.45) is 2.36. The van der Waals surface area contributed by atoms with Crippen LogP contribution in [0.15, 0.2) is 15.0 Å². The zero-order chi connectivity index (χ0) is 7.90. The molecule has 0 saturated heterocycles. The van der Waals surface area contributed by atoms with Crippen LogP contribution in [0.3, 0.4) is 0 Å². The third-order valence-corrected chi connectivity index (χ3v) is 1.38. The van der Waals surface area contributed by atoms with E-state index in [1.165, 1.54) is 12.6 Å². The second kappa shape index (κ2) is 1.73. The fraction of sp³-hybridized carbons (Fsp3) is 0.200. The highest BCUT2D eigenvalue weighted by Gasteiger charge is 2.38. The summed E-state index contributed by atoms with van der Waals surface area (Å²) < 4.78 is 0. The number of hydrogen-bond donors (Lipinski definition) is 2. The van der Waals surface area contributed by atoms with Crippen molar-refractivity contribution in [3.05, 3.63) is 0 Å². The van der Waals surface area contributed by atoms with E-state index in [1.807, 2.05) is 0 Å². The first-order valence-electron chi connectivity index (χ1n) is 2.91. The standard InChI is InChI=1S/C5H4N4O2/c10-4-6-1-3-5(11,9-4)8-2-7-3/h1-2,11H,(H,9,10). The predicted molar refractivity (Wildman–Crippen MR) is 37.9 cm³/mol. The van der Waals surface area contributed by atoms with Crippen LogP contribution in [-0.4, -0.2) is 35.3 Å². The molecule has 0 radical (unpaired) electrons.